The highest BCUT2D eigenvalue weighted by molar-refractivity contribution is 5.69. The first-order chi connectivity index (χ1) is 7.74. The first-order valence-corrected chi connectivity index (χ1v) is 5.85. The SMILES string of the molecule is O=C(O)Cc1ccc(CN2CCCCC2)[nH]1. The predicted octanol–water partition coefficient (Wildman–Crippen LogP) is 1.63. The van der Waals surface area contributed by atoms with Gasteiger partial charge in [-0.05, 0) is 38.1 Å². The van der Waals surface area contributed by atoms with E-state index >= 15 is 0 Å². The second-order valence-electron chi connectivity index (χ2n) is 4.42. The van der Waals surface area contributed by atoms with Crippen molar-refractivity contribution >= 4 is 5.97 Å². The second kappa shape index (κ2) is 5.16. The molecule has 16 heavy (non-hydrogen) atoms. The van der Waals surface area contributed by atoms with E-state index < -0.39 is 5.97 Å². The van der Waals surface area contributed by atoms with Gasteiger partial charge in [0.05, 0.1) is 6.42 Å². The van der Waals surface area contributed by atoms with E-state index in [0.29, 0.717) is 0 Å². The van der Waals surface area contributed by atoms with E-state index in [2.05, 4.69) is 9.88 Å². The van der Waals surface area contributed by atoms with Crippen LogP contribution >= 0.6 is 0 Å². The summed E-state index contributed by atoms with van der Waals surface area (Å²) in [4.78, 5) is 16.1. The van der Waals surface area contributed by atoms with E-state index in [1.807, 2.05) is 12.1 Å². The van der Waals surface area contributed by atoms with Crippen LogP contribution in [0.4, 0.5) is 0 Å². The molecule has 0 spiro atoms. The molecule has 1 aromatic rings. The van der Waals surface area contributed by atoms with Gasteiger partial charge >= 0.3 is 5.97 Å². The van der Waals surface area contributed by atoms with Crippen LogP contribution in [0.5, 0.6) is 0 Å². The minimum absolute atomic E-state index is 0.0833. The smallest absolute Gasteiger partial charge is 0.309 e. The highest BCUT2D eigenvalue weighted by Gasteiger charge is 2.11. The third-order valence-electron chi connectivity index (χ3n) is 2.99. The third-order valence-corrected chi connectivity index (χ3v) is 2.99. The number of carboxylic acid groups (broad SMARTS) is 1. The minimum atomic E-state index is -0.786. The topological polar surface area (TPSA) is 56.3 Å². The molecular weight excluding hydrogens is 204 g/mol. The quantitative estimate of drug-likeness (QED) is 0.814. The summed E-state index contributed by atoms with van der Waals surface area (Å²) in [5.74, 6) is -0.786. The van der Waals surface area contributed by atoms with Crippen LogP contribution in [0.1, 0.15) is 30.7 Å². The molecular formula is C12H18N2O2. The van der Waals surface area contributed by atoms with Crippen molar-refractivity contribution in [1.82, 2.24) is 9.88 Å². The molecule has 0 atom stereocenters. The number of likely N-dealkylation sites (tertiary alicyclic amines) is 1. The number of aliphatic carboxylic acids is 1. The Morgan fingerprint density at radius 2 is 1.94 bits per heavy atom. The van der Waals surface area contributed by atoms with E-state index in [0.717, 1.165) is 31.0 Å². The molecule has 0 bridgehead atoms. The highest BCUT2D eigenvalue weighted by Crippen LogP contribution is 2.12. The van der Waals surface area contributed by atoms with Gasteiger partial charge in [0, 0.05) is 17.9 Å². The Hall–Kier alpha value is -1.29. The summed E-state index contributed by atoms with van der Waals surface area (Å²) in [5.41, 5.74) is 1.91. The summed E-state index contributed by atoms with van der Waals surface area (Å²) in [6.07, 6.45) is 3.98. The number of nitrogens with one attached hydrogen (secondary N) is 1. The molecule has 1 aliphatic heterocycles. The summed E-state index contributed by atoms with van der Waals surface area (Å²) in [6.45, 7) is 3.24. The fourth-order valence-electron chi connectivity index (χ4n) is 2.21. The number of carbonyl (C=O) groups is 1. The molecule has 1 aromatic heterocycles. The van der Waals surface area contributed by atoms with Gasteiger partial charge in [0.2, 0.25) is 0 Å². The fourth-order valence-corrected chi connectivity index (χ4v) is 2.21. The van der Waals surface area contributed by atoms with Crippen LogP contribution in [0, 0.1) is 0 Å². The third kappa shape index (κ3) is 3.10. The van der Waals surface area contributed by atoms with Gasteiger partial charge in [0.25, 0.3) is 0 Å². The van der Waals surface area contributed by atoms with E-state index in [1.165, 1.54) is 19.3 Å². The number of aromatic nitrogens is 1. The van der Waals surface area contributed by atoms with Crippen molar-refractivity contribution in [2.75, 3.05) is 13.1 Å². The maximum atomic E-state index is 10.5. The van der Waals surface area contributed by atoms with Crippen LogP contribution in [-0.4, -0.2) is 34.0 Å². The lowest BCUT2D eigenvalue weighted by molar-refractivity contribution is -0.136. The standard InChI is InChI=1S/C12H18N2O2/c15-12(16)8-10-4-5-11(13-10)9-14-6-2-1-3-7-14/h4-5,13H,1-3,6-9H2,(H,15,16). The number of hydrogen-bond acceptors (Lipinski definition) is 2. The summed E-state index contributed by atoms with van der Waals surface area (Å²) in [6, 6.07) is 3.86. The van der Waals surface area contributed by atoms with E-state index in [1.54, 1.807) is 0 Å². The fraction of sp³-hybridized carbons (Fsp3) is 0.583. The Morgan fingerprint density at radius 1 is 1.25 bits per heavy atom. The molecule has 88 valence electrons. The summed E-state index contributed by atoms with van der Waals surface area (Å²) in [7, 11) is 0. The van der Waals surface area contributed by atoms with Crippen molar-refractivity contribution in [3.63, 3.8) is 0 Å². The molecule has 0 aliphatic carbocycles. The Labute approximate surface area is 95.3 Å². The molecule has 0 aromatic carbocycles. The van der Waals surface area contributed by atoms with E-state index in [-0.39, 0.29) is 6.42 Å². The Balaban J connectivity index is 1.88. The monoisotopic (exact) mass is 222 g/mol. The average molecular weight is 222 g/mol. The Bertz CT molecular complexity index is 354. The Kier molecular flexibility index (Phi) is 3.62. The number of hydrogen-bond donors (Lipinski definition) is 2. The highest BCUT2D eigenvalue weighted by atomic mass is 16.4. The maximum Gasteiger partial charge on any atom is 0.309 e. The number of carboxylic acids is 1. The maximum absolute atomic E-state index is 10.5. The second-order valence-corrected chi connectivity index (χ2v) is 4.42. The number of H-pyrrole nitrogens is 1. The molecule has 0 unspecified atom stereocenters. The van der Waals surface area contributed by atoms with Gasteiger partial charge in [-0.2, -0.15) is 0 Å². The first-order valence-electron chi connectivity index (χ1n) is 5.85. The lowest BCUT2D eigenvalue weighted by atomic mass is 10.1. The molecule has 0 saturated carbocycles. The molecule has 2 heterocycles. The van der Waals surface area contributed by atoms with Gasteiger partial charge in [0.1, 0.15) is 0 Å². The lowest BCUT2D eigenvalue weighted by Gasteiger charge is -2.25. The molecule has 4 nitrogen and oxygen atoms in total. The minimum Gasteiger partial charge on any atom is -0.481 e. The average Bonchev–Trinajstić information content (AvgIpc) is 2.66. The van der Waals surface area contributed by atoms with Crippen molar-refractivity contribution in [1.29, 1.82) is 0 Å². The zero-order valence-electron chi connectivity index (χ0n) is 9.41. The zero-order valence-corrected chi connectivity index (χ0v) is 9.41. The normalized spacial score (nSPS) is 17.5. The molecule has 2 rings (SSSR count). The van der Waals surface area contributed by atoms with Crippen molar-refractivity contribution in [3.05, 3.63) is 23.5 Å². The van der Waals surface area contributed by atoms with Crippen molar-refractivity contribution < 1.29 is 9.90 Å². The molecule has 4 heteroatoms. The molecule has 1 saturated heterocycles. The molecule has 1 aliphatic rings. The van der Waals surface area contributed by atoms with Crippen molar-refractivity contribution in [2.45, 2.75) is 32.2 Å². The van der Waals surface area contributed by atoms with Gasteiger partial charge < -0.3 is 10.1 Å². The number of aromatic amines is 1. The van der Waals surface area contributed by atoms with Gasteiger partial charge in [-0.15, -0.1) is 0 Å². The number of nitrogens with zero attached hydrogens (tertiary/aromatic N) is 1. The molecule has 1 fully saturated rings. The van der Waals surface area contributed by atoms with Crippen molar-refractivity contribution in [3.8, 4) is 0 Å². The van der Waals surface area contributed by atoms with Crippen LogP contribution < -0.4 is 0 Å². The summed E-state index contributed by atoms with van der Waals surface area (Å²) in [5, 5.41) is 8.67. The van der Waals surface area contributed by atoms with E-state index in [4.69, 9.17) is 5.11 Å². The lowest BCUT2D eigenvalue weighted by Crippen LogP contribution is -2.29. The van der Waals surface area contributed by atoms with Crippen LogP contribution in [0.15, 0.2) is 12.1 Å². The van der Waals surface area contributed by atoms with Crippen LogP contribution in [0.2, 0.25) is 0 Å². The van der Waals surface area contributed by atoms with Crippen LogP contribution in [0.25, 0.3) is 0 Å². The van der Waals surface area contributed by atoms with Gasteiger partial charge in [-0.3, -0.25) is 9.69 Å². The molecule has 0 amide bonds. The zero-order chi connectivity index (χ0) is 11.4. The molecule has 2 N–H and O–H groups in total. The van der Waals surface area contributed by atoms with Crippen LogP contribution in [-0.2, 0) is 17.8 Å². The molecule has 0 radical (unpaired) electrons. The van der Waals surface area contributed by atoms with Gasteiger partial charge in [-0.1, -0.05) is 6.42 Å². The summed E-state index contributed by atoms with van der Waals surface area (Å²) >= 11 is 0. The Morgan fingerprint density at radius 3 is 2.62 bits per heavy atom. The first kappa shape index (κ1) is 11.2. The van der Waals surface area contributed by atoms with Crippen LogP contribution in [0.3, 0.4) is 0 Å². The van der Waals surface area contributed by atoms with E-state index in [9.17, 15) is 4.79 Å². The van der Waals surface area contributed by atoms with Gasteiger partial charge in [-0.25, -0.2) is 0 Å². The van der Waals surface area contributed by atoms with Gasteiger partial charge in [0.15, 0.2) is 0 Å². The number of rotatable bonds is 4. The summed E-state index contributed by atoms with van der Waals surface area (Å²) < 4.78 is 0. The number of piperidine rings is 1. The largest absolute Gasteiger partial charge is 0.481 e. The predicted molar refractivity (Wildman–Crippen MR) is 61.3 cm³/mol. The van der Waals surface area contributed by atoms with Crippen molar-refractivity contribution in [2.24, 2.45) is 0 Å².